The largest absolute Gasteiger partial charge is 0.457 e. The number of fused-ring (bicyclic) bond motifs is 1. The zero-order valence-corrected chi connectivity index (χ0v) is 20.1. The molecule has 0 aliphatic carbocycles. The van der Waals surface area contributed by atoms with E-state index in [9.17, 15) is 0 Å². The average Bonchev–Trinajstić information content (AvgIpc) is 3.21. The van der Waals surface area contributed by atoms with Crippen LogP contribution in [0.2, 0.25) is 0 Å². The summed E-state index contributed by atoms with van der Waals surface area (Å²) >= 11 is 0. The molecule has 0 saturated carbocycles. The molecule has 1 aliphatic rings. The molecule has 0 spiro atoms. The molecule has 2 aromatic carbocycles. The SMILES string of the molecule is CC(C)(C)CN1CCC(n2nc(-c3ccc(Oc4ccccc4)cc3)c3c(N)ncnc32)CC1. The molecule has 2 aromatic heterocycles. The Bertz CT molecular complexity index is 1250. The lowest BCUT2D eigenvalue weighted by molar-refractivity contribution is 0.136. The van der Waals surface area contributed by atoms with E-state index in [2.05, 4.69) is 40.3 Å². The quantitative estimate of drug-likeness (QED) is 0.424. The number of nitrogens with zero attached hydrogens (tertiary/aromatic N) is 5. The minimum atomic E-state index is 0.294. The Balaban J connectivity index is 1.42. The Morgan fingerprint density at radius 1 is 0.941 bits per heavy atom. The molecule has 0 radical (unpaired) electrons. The van der Waals surface area contributed by atoms with Crippen LogP contribution >= 0.6 is 0 Å². The summed E-state index contributed by atoms with van der Waals surface area (Å²) in [4.78, 5) is 11.4. The van der Waals surface area contributed by atoms with Gasteiger partial charge in [-0.1, -0.05) is 39.0 Å². The van der Waals surface area contributed by atoms with E-state index >= 15 is 0 Å². The lowest BCUT2D eigenvalue weighted by Crippen LogP contribution is -2.39. The van der Waals surface area contributed by atoms with Gasteiger partial charge in [0.1, 0.15) is 29.3 Å². The summed E-state index contributed by atoms with van der Waals surface area (Å²) in [6.07, 6.45) is 3.62. The highest BCUT2D eigenvalue weighted by Crippen LogP contribution is 2.35. The molecule has 1 saturated heterocycles. The van der Waals surface area contributed by atoms with Crippen molar-refractivity contribution in [2.24, 2.45) is 5.41 Å². The molecule has 5 rings (SSSR count). The van der Waals surface area contributed by atoms with Crippen molar-refractivity contribution < 1.29 is 4.74 Å². The predicted octanol–water partition coefficient (Wildman–Crippen LogP) is 5.55. The first kappa shape index (κ1) is 22.3. The monoisotopic (exact) mass is 456 g/mol. The highest BCUT2D eigenvalue weighted by Gasteiger charge is 2.27. The van der Waals surface area contributed by atoms with Crippen molar-refractivity contribution in [1.82, 2.24) is 24.6 Å². The number of rotatable bonds is 5. The highest BCUT2D eigenvalue weighted by molar-refractivity contribution is 5.98. The van der Waals surface area contributed by atoms with E-state index in [0.717, 1.165) is 66.3 Å². The van der Waals surface area contributed by atoms with Gasteiger partial charge in [-0.15, -0.1) is 0 Å². The molecule has 0 amide bonds. The van der Waals surface area contributed by atoms with E-state index in [4.69, 9.17) is 15.6 Å². The Kier molecular flexibility index (Phi) is 5.96. The van der Waals surface area contributed by atoms with Crippen LogP contribution in [-0.4, -0.2) is 44.3 Å². The molecule has 7 heteroatoms. The predicted molar refractivity (Wildman–Crippen MR) is 136 cm³/mol. The fraction of sp³-hybridized carbons (Fsp3) is 0.370. The number of piperidine rings is 1. The molecule has 0 atom stereocenters. The number of nitrogens with two attached hydrogens (primary N) is 1. The van der Waals surface area contributed by atoms with Gasteiger partial charge in [0, 0.05) is 25.2 Å². The van der Waals surface area contributed by atoms with Crippen LogP contribution in [0.5, 0.6) is 11.5 Å². The standard InChI is InChI=1S/C27H32N6O/c1-27(2,3)17-32-15-13-20(14-16-32)33-26-23(25(28)29-18-30-26)24(31-33)19-9-11-22(12-10-19)34-21-7-5-4-6-8-21/h4-12,18,20H,13-17H2,1-3H3,(H2,28,29,30). The molecule has 1 aliphatic heterocycles. The van der Waals surface area contributed by atoms with Crippen molar-refractivity contribution in [2.75, 3.05) is 25.4 Å². The summed E-state index contributed by atoms with van der Waals surface area (Å²) in [5, 5.41) is 5.85. The minimum Gasteiger partial charge on any atom is -0.457 e. The van der Waals surface area contributed by atoms with Gasteiger partial charge in [0.25, 0.3) is 0 Å². The Hall–Kier alpha value is -3.45. The first-order valence-electron chi connectivity index (χ1n) is 11.9. The highest BCUT2D eigenvalue weighted by atomic mass is 16.5. The number of para-hydroxylation sites is 1. The summed E-state index contributed by atoms with van der Waals surface area (Å²) in [7, 11) is 0. The van der Waals surface area contributed by atoms with Crippen LogP contribution in [0.3, 0.4) is 0 Å². The fourth-order valence-corrected chi connectivity index (χ4v) is 4.75. The van der Waals surface area contributed by atoms with E-state index in [1.807, 2.05) is 54.6 Å². The van der Waals surface area contributed by atoms with Crippen LogP contribution < -0.4 is 10.5 Å². The van der Waals surface area contributed by atoms with Gasteiger partial charge in [-0.05, 0) is 54.7 Å². The zero-order valence-electron chi connectivity index (χ0n) is 20.1. The lowest BCUT2D eigenvalue weighted by Gasteiger charge is -2.36. The van der Waals surface area contributed by atoms with E-state index in [1.165, 1.54) is 6.33 Å². The van der Waals surface area contributed by atoms with Gasteiger partial charge in [-0.25, -0.2) is 14.6 Å². The van der Waals surface area contributed by atoms with Crippen molar-refractivity contribution in [2.45, 2.75) is 39.7 Å². The maximum atomic E-state index is 6.32. The van der Waals surface area contributed by atoms with Crippen molar-refractivity contribution >= 4 is 16.9 Å². The van der Waals surface area contributed by atoms with Crippen molar-refractivity contribution in [3.8, 4) is 22.8 Å². The lowest BCUT2D eigenvalue weighted by atomic mass is 9.94. The van der Waals surface area contributed by atoms with Gasteiger partial charge in [0.05, 0.1) is 11.4 Å². The number of benzene rings is 2. The maximum Gasteiger partial charge on any atom is 0.164 e. The third-order valence-corrected chi connectivity index (χ3v) is 6.23. The Labute approximate surface area is 200 Å². The summed E-state index contributed by atoms with van der Waals surface area (Å²) in [5.41, 5.74) is 9.22. The number of anilines is 1. The molecule has 0 unspecified atom stereocenters. The first-order valence-corrected chi connectivity index (χ1v) is 11.9. The minimum absolute atomic E-state index is 0.294. The molecular weight excluding hydrogens is 424 g/mol. The Morgan fingerprint density at radius 2 is 1.62 bits per heavy atom. The second kappa shape index (κ2) is 9.06. The van der Waals surface area contributed by atoms with Gasteiger partial charge < -0.3 is 15.4 Å². The third-order valence-electron chi connectivity index (χ3n) is 6.23. The molecule has 7 nitrogen and oxygen atoms in total. The molecule has 0 bridgehead atoms. The van der Waals surface area contributed by atoms with Gasteiger partial charge in [-0.3, -0.25) is 0 Å². The van der Waals surface area contributed by atoms with Crippen LogP contribution in [0, 0.1) is 5.41 Å². The first-order chi connectivity index (χ1) is 16.4. The van der Waals surface area contributed by atoms with Gasteiger partial charge in [0.2, 0.25) is 0 Å². The molecular formula is C27H32N6O. The number of aromatic nitrogens is 4. The van der Waals surface area contributed by atoms with E-state index in [0.29, 0.717) is 17.3 Å². The second-order valence-electron chi connectivity index (χ2n) is 10.3. The van der Waals surface area contributed by atoms with Crippen LogP contribution in [0.1, 0.15) is 39.7 Å². The summed E-state index contributed by atoms with van der Waals surface area (Å²) in [6.45, 7) is 10.1. The van der Waals surface area contributed by atoms with Crippen LogP contribution in [-0.2, 0) is 0 Å². The van der Waals surface area contributed by atoms with E-state index in [1.54, 1.807) is 0 Å². The summed E-state index contributed by atoms with van der Waals surface area (Å²) in [5.74, 6) is 2.04. The number of hydrogen-bond donors (Lipinski definition) is 1. The van der Waals surface area contributed by atoms with E-state index < -0.39 is 0 Å². The summed E-state index contributed by atoms with van der Waals surface area (Å²) in [6, 6.07) is 18.0. The number of ether oxygens (including phenoxy) is 1. The average molecular weight is 457 g/mol. The van der Waals surface area contributed by atoms with Crippen molar-refractivity contribution in [1.29, 1.82) is 0 Å². The van der Waals surface area contributed by atoms with Crippen molar-refractivity contribution in [3.63, 3.8) is 0 Å². The van der Waals surface area contributed by atoms with Gasteiger partial charge in [0.15, 0.2) is 5.65 Å². The Morgan fingerprint density at radius 3 is 2.29 bits per heavy atom. The fourth-order valence-electron chi connectivity index (χ4n) is 4.75. The molecule has 1 fully saturated rings. The van der Waals surface area contributed by atoms with E-state index in [-0.39, 0.29) is 0 Å². The number of hydrogen-bond acceptors (Lipinski definition) is 6. The smallest absolute Gasteiger partial charge is 0.164 e. The third kappa shape index (κ3) is 4.75. The normalized spacial score (nSPS) is 15.6. The number of likely N-dealkylation sites (tertiary alicyclic amines) is 1. The van der Waals surface area contributed by atoms with Crippen LogP contribution in [0.15, 0.2) is 60.9 Å². The maximum absolute atomic E-state index is 6.32. The summed E-state index contributed by atoms with van der Waals surface area (Å²) < 4.78 is 8.02. The molecule has 2 N–H and O–H groups in total. The van der Waals surface area contributed by atoms with Gasteiger partial charge in [-0.2, -0.15) is 5.10 Å². The topological polar surface area (TPSA) is 82.1 Å². The van der Waals surface area contributed by atoms with Crippen molar-refractivity contribution in [3.05, 3.63) is 60.9 Å². The van der Waals surface area contributed by atoms with Crippen LogP contribution in [0.4, 0.5) is 5.82 Å². The molecule has 3 heterocycles. The zero-order chi connectivity index (χ0) is 23.7. The van der Waals surface area contributed by atoms with Crippen LogP contribution in [0.25, 0.3) is 22.3 Å². The van der Waals surface area contributed by atoms with Gasteiger partial charge >= 0.3 is 0 Å². The molecule has 4 aromatic rings. The number of nitrogen functional groups attached to an aromatic ring is 1. The molecule has 176 valence electrons. The molecule has 34 heavy (non-hydrogen) atoms. The second-order valence-corrected chi connectivity index (χ2v) is 10.3.